The lowest BCUT2D eigenvalue weighted by atomic mass is 10.0. The molecule has 0 spiro atoms. The number of benzene rings is 3. The number of nitrogens with zero attached hydrogens (tertiary/aromatic N) is 10. The van der Waals surface area contributed by atoms with Crippen LogP contribution in [0.3, 0.4) is 0 Å². The summed E-state index contributed by atoms with van der Waals surface area (Å²) in [7, 11) is 0.244. The van der Waals surface area contributed by atoms with E-state index in [1.807, 2.05) is 34.3 Å². The predicted octanol–water partition coefficient (Wildman–Crippen LogP) is 5.69. The Balaban J connectivity index is 0.000000210. The molecule has 0 atom stereocenters. The third-order valence-corrected chi connectivity index (χ3v) is 21.8. The zero-order chi connectivity index (χ0) is 62.8. The number of pyridine rings is 2. The average Bonchev–Trinajstić information content (AvgIpc) is 2.79. The zero-order valence-corrected chi connectivity index (χ0v) is 53.7. The smallest absolute Gasteiger partial charge is 0.242 e. The number of anilines is 1. The maximum absolute atomic E-state index is 13.7. The highest BCUT2D eigenvalue weighted by molar-refractivity contribution is 7.93. The molecule has 6 heterocycles. The van der Waals surface area contributed by atoms with Crippen molar-refractivity contribution >= 4 is 108 Å². The number of methoxy groups -OCH3 is 1. The number of likely N-dealkylation sites (N-methyl/N-ethyl adjacent to an activating group) is 1. The van der Waals surface area contributed by atoms with Crippen LogP contribution < -0.4 is 14.9 Å². The van der Waals surface area contributed by atoms with Crippen molar-refractivity contribution < 1.29 is 58.6 Å². The summed E-state index contributed by atoms with van der Waals surface area (Å²) in [5.74, 6) is -0.729. The Bertz CT molecular complexity index is 4070. The Morgan fingerprint density at radius 3 is 1.76 bits per heavy atom. The highest BCUT2D eigenvalue weighted by atomic mass is 32.2. The second-order valence-electron chi connectivity index (χ2n) is 21.5. The van der Waals surface area contributed by atoms with Gasteiger partial charge in [0.25, 0.3) is 0 Å². The topological polar surface area (TPSA) is 292 Å². The van der Waals surface area contributed by atoms with E-state index in [9.17, 15) is 39.6 Å². The third-order valence-electron chi connectivity index (χ3n) is 14.0. The van der Waals surface area contributed by atoms with Gasteiger partial charge in [-0.1, -0.05) is 46.9 Å². The summed E-state index contributed by atoms with van der Waals surface area (Å²) in [6.07, 6.45) is 2.92. The summed E-state index contributed by atoms with van der Waals surface area (Å²) >= 11 is 2.60. The van der Waals surface area contributed by atoms with Gasteiger partial charge < -0.3 is 28.7 Å². The Labute approximate surface area is 519 Å². The lowest BCUT2D eigenvalue weighted by Crippen LogP contribution is -2.34. The van der Waals surface area contributed by atoms with E-state index in [0.29, 0.717) is 112 Å². The second-order valence-corrected chi connectivity index (χ2v) is 29.8. The third kappa shape index (κ3) is 16.8. The molecule has 88 heavy (non-hydrogen) atoms. The quantitative estimate of drug-likeness (QED) is 0.0350. The minimum atomic E-state index is -3.71. The van der Waals surface area contributed by atoms with E-state index in [1.54, 1.807) is 35.3 Å². The number of fused-ring (bicyclic) bond motifs is 3. The number of hydrogen-bond acceptors (Lipinski definition) is 25. The minimum Gasteiger partial charge on any atom is -0.478 e. The number of carbonyl (C=O) groups is 3. The molecule has 3 aromatic carbocycles. The fourth-order valence-electron chi connectivity index (χ4n) is 9.13. The summed E-state index contributed by atoms with van der Waals surface area (Å²) < 4.78 is 99.0. The Morgan fingerprint density at radius 2 is 1.23 bits per heavy atom. The molecule has 0 unspecified atom stereocenters. The van der Waals surface area contributed by atoms with Gasteiger partial charge in [0.05, 0.1) is 84.6 Å². The van der Waals surface area contributed by atoms with Crippen LogP contribution in [0.25, 0.3) is 20.7 Å². The molecule has 7 aromatic rings. The van der Waals surface area contributed by atoms with Gasteiger partial charge in [-0.2, -0.15) is 14.5 Å². The van der Waals surface area contributed by atoms with E-state index in [0.717, 1.165) is 25.9 Å². The van der Waals surface area contributed by atoms with Crippen LogP contribution in [0.2, 0.25) is 0 Å². The van der Waals surface area contributed by atoms with E-state index >= 15 is 0 Å². The summed E-state index contributed by atoms with van der Waals surface area (Å²) in [4.78, 5) is 63.7. The van der Waals surface area contributed by atoms with Crippen molar-refractivity contribution in [2.45, 2.75) is 58.5 Å². The molecule has 0 amide bonds. The van der Waals surface area contributed by atoms with Crippen molar-refractivity contribution in [1.82, 2.24) is 39.0 Å². The number of hydrogen-bond donors (Lipinski definition) is 1. The van der Waals surface area contributed by atoms with E-state index < -0.39 is 47.0 Å². The van der Waals surface area contributed by atoms with Crippen LogP contribution in [0.15, 0.2) is 116 Å². The van der Waals surface area contributed by atoms with Gasteiger partial charge in [0.2, 0.25) is 21.8 Å². The van der Waals surface area contributed by atoms with Crippen molar-refractivity contribution in [1.29, 1.82) is 0 Å². The van der Waals surface area contributed by atoms with Crippen molar-refractivity contribution in [3.8, 4) is 11.8 Å². The molecule has 2 fully saturated rings. The molecule has 2 aliphatic heterocycles. The Hall–Kier alpha value is -7.06. The highest BCUT2D eigenvalue weighted by Gasteiger charge is 2.37. The molecule has 1 saturated heterocycles. The maximum Gasteiger partial charge on any atom is 0.242 e. The molecule has 1 saturated carbocycles. The number of ether oxygens (including phenoxy) is 4. The fraction of sp³-hybridized carbons (Fsp3) is 0.407. The molecule has 3 aliphatic rings. The van der Waals surface area contributed by atoms with Gasteiger partial charge in [-0.25, -0.2) is 45.2 Å². The van der Waals surface area contributed by atoms with Gasteiger partial charge in [-0.3, -0.25) is 24.8 Å². The van der Waals surface area contributed by atoms with Gasteiger partial charge in [0.1, 0.15) is 47.9 Å². The first kappa shape index (κ1) is 65.4. The minimum absolute atomic E-state index is 0.00643. The lowest BCUT2D eigenvalue weighted by Gasteiger charge is -2.25. The maximum atomic E-state index is 13.7. The first-order valence-corrected chi connectivity index (χ1v) is 34.5. The number of carbonyl (C=O) groups excluding carboxylic acids is 3. The molecule has 24 nitrogen and oxygen atoms in total. The number of morpholine rings is 1. The average molecular weight is 1300 g/mol. The summed E-state index contributed by atoms with van der Waals surface area (Å²) in [5.41, 5.74) is 5.62. The molecule has 4 aromatic heterocycles. The fourth-order valence-corrected chi connectivity index (χ4v) is 15.2. The van der Waals surface area contributed by atoms with Gasteiger partial charge >= 0.3 is 0 Å². The van der Waals surface area contributed by atoms with Crippen LogP contribution in [-0.4, -0.2) is 212 Å². The van der Waals surface area contributed by atoms with Crippen LogP contribution in [0.5, 0.6) is 11.8 Å². The number of Topliss-reactive ketones (excluding diaryl/α,β-unsaturated/α-hetero) is 3. The summed E-state index contributed by atoms with van der Waals surface area (Å²) in [6, 6.07) is 23.6. The monoisotopic (exact) mass is 1300 g/mol. The van der Waals surface area contributed by atoms with E-state index in [4.69, 9.17) is 18.9 Å². The normalized spacial score (nSPS) is 15.5. The molecule has 1 N–H and O–H groups in total. The van der Waals surface area contributed by atoms with Gasteiger partial charge in [-0.05, 0) is 108 Å². The first-order chi connectivity index (χ1) is 42.1. The Kier molecular flexibility index (Phi) is 21.6. The highest BCUT2D eigenvalue weighted by Crippen LogP contribution is 2.34. The van der Waals surface area contributed by atoms with E-state index in [2.05, 4.69) is 45.4 Å². The number of sulfone groups is 2. The van der Waals surface area contributed by atoms with Crippen molar-refractivity contribution in [2.24, 2.45) is 10.2 Å². The molecule has 0 bridgehead atoms. The molecular weight excluding hydrogens is 1230 g/mol. The summed E-state index contributed by atoms with van der Waals surface area (Å²) in [5, 5.41) is 11.6. The van der Waals surface area contributed by atoms with Crippen LogP contribution in [0.4, 0.5) is 5.69 Å². The molecule has 10 rings (SSSR count). The van der Waals surface area contributed by atoms with Gasteiger partial charge in [-0.15, -0.1) is 0 Å². The number of nitrogens with one attached hydrogen (secondary N) is 1. The largest absolute Gasteiger partial charge is 0.478 e. The number of rotatable bonds is 28. The number of sulfonamides is 1. The van der Waals surface area contributed by atoms with Gasteiger partial charge in [0.15, 0.2) is 37.0 Å². The molecule has 468 valence electrons. The zero-order valence-electron chi connectivity index (χ0n) is 49.6. The van der Waals surface area contributed by atoms with E-state index in [1.165, 1.54) is 95.7 Å². The molecule has 29 heteroatoms. The molecule has 0 radical (unpaired) electrons. The predicted molar refractivity (Wildman–Crippen MR) is 336 cm³/mol. The number of aromatic nitrogens is 4. The van der Waals surface area contributed by atoms with Crippen molar-refractivity contribution in [2.75, 3.05) is 119 Å². The lowest BCUT2D eigenvalue weighted by molar-refractivity contribution is -0.113. The van der Waals surface area contributed by atoms with Crippen molar-refractivity contribution in [3.05, 3.63) is 118 Å². The number of thiazole rings is 2. The van der Waals surface area contributed by atoms with Crippen LogP contribution >= 0.6 is 22.7 Å². The molecule has 1 aliphatic carbocycles. The van der Waals surface area contributed by atoms with Crippen LogP contribution in [0, 0.1) is 0 Å². The van der Waals surface area contributed by atoms with E-state index in [-0.39, 0.29) is 68.7 Å². The first-order valence-electron chi connectivity index (χ1n) is 28.3. The molecular formula is C59H69N11O13S5. The number of hydrazone groups is 2. The standard InChI is InChI=1S/C31H31N5O7S3.C28H38N6O6S2/c1-36(2)14-3-15-43-28-13-11-24-31(33-28)44-29(32-24)17-25(37)30(19-4-7-21(8-5-19)46(41,42)22-9-10-22)35-34-20-6-12-27-23(16-20)26(38)18-45(27,39)40;1-32(2)12-5-16-40-25-11-10-23-28(30-25)41-26(29-23)20-24(35)27(31-34-14-18-39-19-15-34)21-6-8-22(9-7-21)42(36,37)33(3)13-17-38-4/h4-8,11-13,16,22,34H,3,9-10,14-15,17-18H2,1-2H3;6-11H,5,12-20H2,1-4H3/b35-30+;31-27+. The number of ketones is 3. The summed E-state index contributed by atoms with van der Waals surface area (Å²) in [6.45, 7) is 5.53. The van der Waals surface area contributed by atoms with Crippen LogP contribution in [-0.2, 0) is 61.6 Å². The Morgan fingerprint density at radius 1 is 0.693 bits per heavy atom. The van der Waals surface area contributed by atoms with Gasteiger partial charge in [0, 0.05) is 62.6 Å². The van der Waals surface area contributed by atoms with Crippen molar-refractivity contribution in [3.63, 3.8) is 0 Å². The SMILES string of the molecule is CN(C)CCCOc1ccc2nc(CC(=O)/C(=N/Nc3ccc4c(c3)C(=O)CS4(=O)=O)c3ccc(S(=O)(=O)C4CC4)cc3)sc2n1.COCCN(C)S(=O)(=O)c1ccc(/C(=N\N2CCOCC2)C(=O)Cc2nc3ccc(OCCCN(C)C)nc3s2)cc1. The van der Waals surface area contributed by atoms with Crippen LogP contribution in [0.1, 0.15) is 57.2 Å². The second kappa shape index (κ2) is 29.1.